The first-order valence-corrected chi connectivity index (χ1v) is 7.12. The quantitative estimate of drug-likeness (QED) is 0.822. The largest absolute Gasteiger partial charge is 0.256 e. The Labute approximate surface area is 110 Å². The van der Waals surface area contributed by atoms with E-state index in [0.717, 1.165) is 16.5 Å². The highest BCUT2D eigenvalue weighted by molar-refractivity contribution is 7.89. The first-order chi connectivity index (χ1) is 8.47. The van der Waals surface area contributed by atoms with Crippen LogP contribution in [0.2, 0.25) is 0 Å². The van der Waals surface area contributed by atoms with Gasteiger partial charge in [0.15, 0.2) is 0 Å². The molecule has 0 aliphatic rings. The van der Waals surface area contributed by atoms with Gasteiger partial charge in [0.05, 0.1) is 16.5 Å². The molecular weight excluding hydrogens is 242 g/mol. The summed E-state index contributed by atoms with van der Waals surface area (Å²) in [6, 6.07) is 10.1. The molecule has 1 aromatic carbocycles. The first kappa shape index (κ1) is 13.0. The highest BCUT2D eigenvalue weighted by atomic mass is 32.2. The number of pyridine rings is 1. The Kier molecular flexibility index (Phi) is 3.62. The van der Waals surface area contributed by atoms with E-state index >= 15 is 0 Å². The van der Waals surface area contributed by atoms with Crippen molar-refractivity contribution in [3.05, 3.63) is 47.6 Å². The number of fused-ring (bicyclic) bond motifs is 1. The molecule has 2 nitrogen and oxygen atoms in total. The standard InChI is InChI=1S/C15H17NOS/c1-15(2,3)18(17)9-8-14-10-12-6-4-5-7-13(12)11-16-14/h4-11H,1-3H3/b9-8+. The van der Waals surface area contributed by atoms with Gasteiger partial charge in [0.25, 0.3) is 0 Å². The average Bonchev–Trinajstić information content (AvgIpc) is 2.34. The molecule has 0 N–H and O–H groups in total. The van der Waals surface area contributed by atoms with Crippen LogP contribution in [0.5, 0.6) is 0 Å². The van der Waals surface area contributed by atoms with Crippen molar-refractivity contribution < 1.29 is 4.21 Å². The van der Waals surface area contributed by atoms with Crippen LogP contribution in [0.3, 0.4) is 0 Å². The Morgan fingerprint density at radius 3 is 2.50 bits per heavy atom. The topological polar surface area (TPSA) is 30.0 Å². The molecule has 0 fully saturated rings. The van der Waals surface area contributed by atoms with E-state index in [1.807, 2.05) is 57.3 Å². The van der Waals surface area contributed by atoms with Gasteiger partial charge in [0.1, 0.15) is 0 Å². The van der Waals surface area contributed by atoms with Crippen molar-refractivity contribution in [2.24, 2.45) is 0 Å². The summed E-state index contributed by atoms with van der Waals surface area (Å²) in [5.74, 6) is 0. The molecule has 1 unspecified atom stereocenters. The fourth-order valence-electron chi connectivity index (χ4n) is 1.53. The fourth-order valence-corrected chi connectivity index (χ4v) is 2.20. The van der Waals surface area contributed by atoms with Crippen molar-refractivity contribution in [2.45, 2.75) is 25.5 Å². The Balaban J connectivity index is 2.27. The second-order valence-electron chi connectivity index (χ2n) is 5.17. The van der Waals surface area contributed by atoms with Crippen LogP contribution in [-0.4, -0.2) is 13.9 Å². The van der Waals surface area contributed by atoms with Crippen molar-refractivity contribution in [3.63, 3.8) is 0 Å². The van der Waals surface area contributed by atoms with E-state index in [1.165, 1.54) is 0 Å². The van der Waals surface area contributed by atoms with E-state index in [9.17, 15) is 4.21 Å². The molecule has 1 atom stereocenters. The molecule has 94 valence electrons. The summed E-state index contributed by atoms with van der Waals surface area (Å²) >= 11 is 0. The SMILES string of the molecule is CC(C)(C)S(=O)/C=C/c1cc2ccccc2cn1. The van der Waals surface area contributed by atoms with E-state index in [0.29, 0.717) is 0 Å². The third-order valence-electron chi connectivity index (χ3n) is 2.62. The maximum atomic E-state index is 11.9. The van der Waals surface area contributed by atoms with Crippen molar-refractivity contribution in [1.29, 1.82) is 0 Å². The third kappa shape index (κ3) is 3.05. The van der Waals surface area contributed by atoms with Crippen molar-refractivity contribution in [2.75, 3.05) is 0 Å². The van der Waals surface area contributed by atoms with E-state index < -0.39 is 10.8 Å². The maximum Gasteiger partial charge on any atom is 0.0642 e. The molecule has 1 heterocycles. The molecule has 0 radical (unpaired) electrons. The summed E-state index contributed by atoms with van der Waals surface area (Å²) < 4.78 is 11.7. The van der Waals surface area contributed by atoms with Crippen molar-refractivity contribution in [1.82, 2.24) is 4.98 Å². The zero-order valence-corrected chi connectivity index (χ0v) is 11.7. The van der Waals surface area contributed by atoms with E-state index in [4.69, 9.17) is 0 Å². The lowest BCUT2D eigenvalue weighted by atomic mass is 10.1. The Hall–Kier alpha value is -1.48. The van der Waals surface area contributed by atoms with E-state index in [1.54, 1.807) is 5.41 Å². The predicted octanol–water partition coefficient (Wildman–Crippen LogP) is 3.75. The minimum atomic E-state index is -0.992. The second kappa shape index (κ2) is 5.02. The maximum absolute atomic E-state index is 11.9. The summed E-state index contributed by atoms with van der Waals surface area (Å²) in [4.78, 5) is 4.34. The molecule has 0 aliphatic carbocycles. The summed E-state index contributed by atoms with van der Waals surface area (Å²) in [7, 11) is -0.992. The molecule has 1 aromatic heterocycles. The van der Waals surface area contributed by atoms with Crippen LogP contribution in [-0.2, 0) is 10.8 Å². The molecule has 0 saturated heterocycles. The van der Waals surface area contributed by atoms with Gasteiger partial charge in [-0.1, -0.05) is 24.3 Å². The lowest BCUT2D eigenvalue weighted by Gasteiger charge is -2.13. The lowest BCUT2D eigenvalue weighted by molar-refractivity contribution is 0.656. The van der Waals surface area contributed by atoms with Crippen LogP contribution in [0.25, 0.3) is 16.8 Å². The van der Waals surface area contributed by atoms with Crippen LogP contribution in [0.4, 0.5) is 0 Å². The van der Waals surface area contributed by atoms with Crippen molar-refractivity contribution >= 4 is 27.6 Å². The van der Waals surface area contributed by atoms with Crippen molar-refractivity contribution in [3.8, 4) is 0 Å². The van der Waals surface area contributed by atoms with Gasteiger partial charge >= 0.3 is 0 Å². The number of benzene rings is 1. The monoisotopic (exact) mass is 259 g/mol. The van der Waals surface area contributed by atoms with Gasteiger partial charge in [0.2, 0.25) is 0 Å². The van der Waals surface area contributed by atoms with Gasteiger partial charge in [-0.25, -0.2) is 0 Å². The van der Waals surface area contributed by atoms with Crippen LogP contribution in [0, 0.1) is 0 Å². The molecule has 0 spiro atoms. The zero-order valence-electron chi connectivity index (χ0n) is 10.9. The lowest BCUT2D eigenvalue weighted by Crippen LogP contribution is -2.19. The first-order valence-electron chi connectivity index (χ1n) is 5.90. The zero-order chi connectivity index (χ0) is 13.2. The fraction of sp³-hybridized carbons (Fsp3) is 0.267. The number of hydrogen-bond acceptors (Lipinski definition) is 2. The van der Waals surface area contributed by atoms with Gasteiger partial charge in [-0.15, -0.1) is 0 Å². The molecule has 2 aromatic rings. The van der Waals surface area contributed by atoms with Gasteiger partial charge in [0, 0.05) is 21.7 Å². The van der Waals surface area contributed by atoms with Gasteiger partial charge in [-0.05, 0) is 38.3 Å². The minimum Gasteiger partial charge on any atom is -0.256 e. The number of rotatable bonds is 2. The second-order valence-corrected chi connectivity index (χ2v) is 7.26. The Morgan fingerprint density at radius 1 is 1.17 bits per heavy atom. The molecule has 3 heteroatoms. The summed E-state index contributed by atoms with van der Waals surface area (Å²) in [5, 5.41) is 3.98. The normalized spacial score (nSPS) is 14.2. The molecule has 0 aliphatic heterocycles. The third-order valence-corrected chi connectivity index (χ3v) is 4.21. The Bertz CT molecular complexity index is 611. The van der Waals surface area contributed by atoms with Crippen LogP contribution in [0.15, 0.2) is 41.9 Å². The predicted molar refractivity (Wildman–Crippen MR) is 78.7 cm³/mol. The summed E-state index contributed by atoms with van der Waals surface area (Å²) in [6.45, 7) is 5.88. The molecule has 18 heavy (non-hydrogen) atoms. The summed E-state index contributed by atoms with van der Waals surface area (Å²) in [6.07, 6.45) is 3.67. The molecular formula is C15H17NOS. The highest BCUT2D eigenvalue weighted by Gasteiger charge is 2.16. The van der Waals surface area contributed by atoms with Crippen LogP contribution in [0.1, 0.15) is 26.5 Å². The van der Waals surface area contributed by atoms with E-state index in [2.05, 4.69) is 11.1 Å². The van der Waals surface area contributed by atoms with Gasteiger partial charge < -0.3 is 0 Å². The molecule has 0 bridgehead atoms. The number of hydrogen-bond donors (Lipinski definition) is 0. The molecule has 2 rings (SSSR count). The number of aromatic nitrogens is 1. The Morgan fingerprint density at radius 2 is 1.83 bits per heavy atom. The number of nitrogens with zero attached hydrogens (tertiary/aromatic N) is 1. The van der Waals surface area contributed by atoms with Crippen LogP contribution < -0.4 is 0 Å². The smallest absolute Gasteiger partial charge is 0.0642 e. The highest BCUT2D eigenvalue weighted by Crippen LogP contribution is 2.16. The average molecular weight is 259 g/mol. The van der Waals surface area contributed by atoms with E-state index in [-0.39, 0.29) is 4.75 Å². The molecule has 0 amide bonds. The van der Waals surface area contributed by atoms with Gasteiger partial charge in [-0.3, -0.25) is 9.19 Å². The summed E-state index contributed by atoms with van der Waals surface area (Å²) in [5.41, 5.74) is 0.839. The van der Waals surface area contributed by atoms with Crippen LogP contribution >= 0.6 is 0 Å². The van der Waals surface area contributed by atoms with Gasteiger partial charge in [-0.2, -0.15) is 0 Å². The minimum absolute atomic E-state index is 0.229. The molecule has 0 saturated carbocycles.